The first-order valence-electron chi connectivity index (χ1n) is 7.26. The van der Waals surface area contributed by atoms with Gasteiger partial charge in [0.2, 0.25) is 0 Å². The minimum atomic E-state index is 0.208. The first-order valence-corrected chi connectivity index (χ1v) is 8.01. The van der Waals surface area contributed by atoms with Gasteiger partial charge in [-0.2, -0.15) is 0 Å². The van der Waals surface area contributed by atoms with Crippen molar-refractivity contribution in [1.29, 1.82) is 0 Å². The fourth-order valence-electron chi connectivity index (χ4n) is 2.49. The Kier molecular flexibility index (Phi) is 5.18. The average molecular weight is 362 g/mol. The van der Waals surface area contributed by atoms with E-state index >= 15 is 0 Å². The number of aromatic nitrogens is 1. The molecule has 0 radical (unpaired) electrons. The van der Waals surface area contributed by atoms with E-state index < -0.39 is 0 Å². The fourth-order valence-corrected chi connectivity index (χ4v) is 3.06. The molecule has 0 amide bonds. The van der Waals surface area contributed by atoms with E-state index in [9.17, 15) is 4.79 Å². The molecule has 24 heavy (non-hydrogen) atoms. The summed E-state index contributed by atoms with van der Waals surface area (Å²) >= 11 is 12.6. The van der Waals surface area contributed by atoms with E-state index in [2.05, 4.69) is 5.16 Å². The van der Waals surface area contributed by atoms with Crippen molar-refractivity contribution in [3.63, 3.8) is 0 Å². The Hall–Kier alpha value is -2.30. The lowest BCUT2D eigenvalue weighted by atomic mass is 10.00. The summed E-state index contributed by atoms with van der Waals surface area (Å²) in [6, 6.07) is 14.8. The SMILES string of the molecule is O=COCCc1c(-c2c(Cl)cccc2Cl)noc1-c1ccccc1. The quantitative estimate of drug-likeness (QED) is 0.456. The molecule has 0 unspecified atom stereocenters. The average Bonchev–Trinajstić information content (AvgIpc) is 2.99. The lowest BCUT2D eigenvalue weighted by molar-refractivity contribution is -0.128. The van der Waals surface area contributed by atoms with E-state index in [0.29, 0.717) is 40.0 Å². The van der Waals surface area contributed by atoms with Crippen molar-refractivity contribution in [2.24, 2.45) is 0 Å². The van der Waals surface area contributed by atoms with Crippen molar-refractivity contribution in [1.82, 2.24) is 5.16 Å². The van der Waals surface area contributed by atoms with Crippen molar-refractivity contribution in [2.45, 2.75) is 6.42 Å². The molecule has 6 heteroatoms. The van der Waals surface area contributed by atoms with Crippen LogP contribution in [0.25, 0.3) is 22.6 Å². The van der Waals surface area contributed by atoms with Crippen molar-refractivity contribution >= 4 is 29.7 Å². The Labute approximate surface area is 148 Å². The highest BCUT2D eigenvalue weighted by atomic mass is 35.5. The predicted molar refractivity (Wildman–Crippen MR) is 93.1 cm³/mol. The molecule has 3 aromatic rings. The summed E-state index contributed by atoms with van der Waals surface area (Å²) in [4.78, 5) is 10.4. The van der Waals surface area contributed by atoms with Crippen LogP contribution in [-0.4, -0.2) is 18.2 Å². The Morgan fingerprint density at radius 1 is 1.04 bits per heavy atom. The van der Waals surface area contributed by atoms with Gasteiger partial charge in [-0.1, -0.05) is 64.8 Å². The molecule has 0 fully saturated rings. The summed E-state index contributed by atoms with van der Waals surface area (Å²) in [6.45, 7) is 0.622. The highest BCUT2D eigenvalue weighted by Gasteiger charge is 2.22. The monoisotopic (exact) mass is 361 g/mol. The molecule has 0 aliphatic rings. The third kappa shape index (κ3) is 3.30. The summed E-state index contributed by atoms with van der Waals surface area (Å²) in [5.41, 5.74) is 2.82. The number of hydrogen-bond donors (Lipinski definition) is 0. The van der Waals surface area contributed by atoms with Gasteiger partial charge in [0.05, 0.1) is 16.7 Å². The zero-order valence-electron chi connectivity index (χ0n) is 12.5. The Morgan fingerprint density at radius 2 is 1.75 bits per heavy atom. The third-order valence-corrected chi connectivity index (χ3v) is 4.19. The number of halogens is 2. The smallest absolute Gasteiger partial charge is 0.293 e. The van der Waals surface area contributed by atoms with Crippen LogP contribution in [0.15, 0.2) is 53.1 Å². The van der Waals surface area contributed by atoms with Gasteiger partial charge < -0.3 is 9.26 Å². The Balaban J connectivity index is 2.13. The van der Waals surface area contributed by atoms with Crippen molar-refractivity contribution in [3.05, 3.63) is 64.1 Å². The van der Waals surface area contributed by atoms with Gasteiger partial charge in [0.1, 0.15) is 5.69 Å². The molecule has 0 aliphatic heterocycles. The van der Waals surface area contributed by atoms with E-state index in [1.807, 2.05) is 30.3 Å². The molecule has 0 spiro atoms. The van der Waals surface area contributed by atoms with E-state index in [1.54, 1.807) is 18.2 Å². The number of benzene rings is 2. The van der Waals surface area contributed by atoms with Crippen LogP contribution in [0, 0.1) is 0 Å². The van der Waals surface area contributed by atoms with Crippen molar-refractivity contribution < 1.29 is 14.1 Å². The van der Waals surface area contributed by atoms with Gasteiger partial charge in [-0.05, 0) is 12.1 Å². The van der Waals surface area contributed by atoms with Gasteiger partial charge in [-0.15, -0.1) is 0 Å². The van der Waals surface area contributed by atoms with Gasteiger partial charge in [-0.3, -0.25) is 4.79 Å². The summed E-state index contributed by atoms with van der Waals surface area (Å²) in [5.74, 6) is 0.607. The number of nitrogens with zero attached hydrogens (tertiary/aromatic N) is 1. The summed E-state index contributed by atoms with van der Waals surface area (Å²) in [6.07, 6.45) is 0.434. The number of carbonyl (C=O) groups is 1. The molecular formula is C18H13Cl2NO3. The zero-order valence-corrected chi connectivity index (χ0v) is 14.1. The molecule has 0 aliphatic carbocycles. The highest BCUT2D eigenvalue weighted by Crippen LogP contribution is 2.39. The van der Waals surface area contributed by atoms with E-state index in [0.717, 1.165) is 11.1 Å². The highest BCUT2D eigenvalue weighted by molar-refractivity contribution is 6.39. The molecule has 4 nitrogen and oxygen atoms in total. The molecule has 1 aromatic heterocycles. The van der Waals surface area contributed by atoms with Gasteiger partial charge >= 0.3 is 0 Å². The number of ether oxygens (including phenoxy) is 1. The Bertz CT molecular complexity index is 826. The first-order chi connectivity index (χ1) is 11.7. The second-order valence-electron chi connectivity index (χ2n) is 5.02. The van der Waals surface area contributed by atoms with Gasteiger partial charge in [-0.25, -0.2) is 0 Å². The maximum atomic E-state index is 10.4. The van der Waals surface area contributed by atoms with Crippen LogP contribution in [0.4, 0.5) is 0 Å². The molecule has 0 saturated heterocycles. The lowest BCUT2D eigenvalue weighted by Crippen LogP contribution is -1.99. The second kappa shape index (κ2) is 7.51. The molecule has 0 saturated carbocycles. The van der Waals surface area contributed by atoms with E-state index in [4.69, 9.17) is 32.5 Å². The van der Waals surface area contributed by atoms with Crippen LogP contribution in [0.2, 0.25) is 10.0 Å². The number of hydrogen-bond acceptors (Lipinski definition) is 4. The van der Waals surface area contributed by atoms with Crippen LogP contribution >= 0.6 is 23.2 Å². The summed E-state index contributed by atoms with van der Waals surface area (Å²) in [7, 11) is 0. The van der Waals surface area contributed by atoms with Crippen LogP contribution in [0.5, 0.6) is 0 Å². The third-order valence-electron chi connectivity index (χ3n) is 3.56. The van der Waals surface area contributed by atoms with Crippen molar-refractivity contribution in [3.8, 4) is 22.6 Å². The molecular weight excluding hydrogens is 349 g/mol. The molecule has 0 N–H and O–H groups in total. The number of rotatable bonds is 6. The topological polar surface area (TPSA) is 52.3 Å². The number of carbonyl (C=O) groups excluding carboxylic acids is 1. The molecule has 3 rings (SSSR count). The maximum absolute atomic E-state index is 10.4. The van der Waals surface area contributed by atoms with Gasteiger partial charge in [0.25, 0.3) is 6.47 Å². The molecule has 1 heterocycles. The first kappa shape index (κ1) is 16.6. The van der Waals surface area contributed by atoms with Crippen LogP contribution in [0.1, 0.15) is 5.56 Å². The maximum Gasteiger partial charge on any atom is 0.293 e. The summed E-state index contributed by atoms with van der Waals surface area (Å²) < 4.78 is 10.4. The largest absolute Gasteiger partial charge is 0.468 e. The molecule has 0 atom stereocenters. The van der Waals surface area contributed by atoms with Crippen molar-refractivity contribution in [2.75, 3.05) is 6.61 Å². The normalized spacial score (nSPS) is 10.6. The molecule has 122 valence electrons. The molecule has 2 aromatic carbocycles. The second-order valence-corrected chi connectivity index (χ2v) is 5.83. The lowest BCUT2D eigenvalue weighted by Gasteiger charge is -2.07. The predicted octanol–water partition coefficient (Wildman–Crippen LogP) is 5.03. The van der Waals surface area contributed by atoms with E-state index in [-0.39, 0.29) is 6.61 Å². The van der Waals surface area contributed by atoms with Crippen LogP contribution in [-0.2, 0) is 16.0 Å². The molecule has 0 bridgehead atoms. The minimum Gasteiger partial charge on any atom is -0.468 e. The van der Waals surface area contributed by atoms with Crippen LogP contribution < -0.4 is 0 Å². The zero-order chi connectivity index (χ0) is 16.9. The summed E-state index contributed by atoms with van der Waals surface area (Å²) in [5, 5.41) is 5.13. The van der Waals surface area contributed by atoms with Gasteiger partial charge in [0, 0.05) is 23.1 Å². The van der Waals surface area contributed by atoms with E-state index in [1.165, 1.54) is 0 Å². The fraction of sp³-hybridized carbons (Fsp3) is 0.111. The van der Waals surface area contributed by atoms with Crippen LogP contribution in [0.3, 0.4) is 0 Å². The Morgan fingerprint density at radius 3 is 2.42 bits per heavy atom. The van der Waals surface area contributed by atoms with Gasteiger partial charge in [0.15, 0.2) is 5.76 Å². The minimum absolute atomic E-state index is 0.208. The standard InChI is InChI=1S/C18H13Cl2NO3/c19-14-7-4-8-15(20)16(14)17-13(9-10-23-11-22)18(24-21-17)12-5-2-1-3-6-12/h1-8,11H,9-10H2.